The molecule has 4 aromatic rings. The van der Waals surface area contributed by atoms with Gasteiger partial charge in [-0.05, 0) is 23.6 Å². The molecule has 0 atom stereocenters. The molecule has 28 heavy (non-hydrogen) atoms. The normalized spacial score (nSPS) is 11.5. The number of hydrogen-bond acceptors (Lipinski definition) is 3. The zero-order valence-corrected chi connectivity index (χ0v) is 15.3. The molecule has 0 unspecified atom stereocenters. The van der Waals surface area contributed by atoms with Crippen molar-refractivity contribution < 1.29 is 9.50 Å². The number of pyridine rings is 1. The maximum absolute atomic E-state index is 14.2. The number of nitrogens with zero attached hydrogens (tertiary/aromatic N) is 3. The second-order valence-corrected chi connectivity index (χ2v) is 6.60. The summed E-state index contributed by atoms with van der Waals surface area (Å²) in [5, 5.41) is 25.8. The van der Waals surface area contributed by atoms with Crippen molar-refractivity contribution in [2.45, 2.75) is 18.9 Å². The van der Waals surface area contributed by atoms with Crippen LogP contribution in [0.25, 0.3) is 5.52 Å². The van der Waals surface area contributed by atoms with Crippen LogP contribution in [0.1, 0.15) is 34.9 Å². The first-order valence-corrected chi connectivity index (χ1v) is 9.04. The van der Waals surface area contributed by atoms with Gasteiger partial charge in [0.2, 0.25) is 0 Å². The van der Waals surface area contributed by atoms with E-state index in [2.05, 4.69) is 5.10 Å². The molecule has 0 spiro atoms. The van der Waals surface area contributed by atoms with Gasteiger partial charge in [0.15, 0.2) is 11.4 Å². The maximum Gasteiger partial charge on any atom is 0.159 e. The largest absolute Gasteiger partial charge is 0.374 e. The number of rotatable bonds is 4. The molecule has 0 aliphatic carbocycles. The first kappa shape index (κ1) is 17.9. The first-order chi connectivity index (χ1) is 13.6. The van der Waals surface area contributed by atoms with Gasteiger partial charge in [-0.25, -0.2) is 8.91 Å². The Morgan fingerprint density at radius 2 is 1.64 bits per heavy atom. The van der Waals surface area contributed by atoms with E-state index in [-0.39, 0.29) is 5.56 Å². The predicted octanol–water partition coefficient (Wildman–Crippen LogP) is 4.19. The van der Waals surface area contributed by atoms with Gasteiger partial charge in [0, 0.05) is 5.56 Å². The van der Waals surface area contributed by atoms with Gasteiger partial charge in [0.25, 0.3) is 0 Å². The quantitative estimate of drug-likeness (QED) is 0.585. The molecule has 0 aliphatic rings. The minimum atomic E-state index is -1.51. The van der Waals surface area contributed by atoms with E-state index in [1.165, 1.54) is 16.8 Å². The Morgan fingerprint density at radius 1 is 1.07 bits per heavy atom. The summed E-state index contributed by atoms with van der Waals surface area (Å²) in [7, 11) is 0. The molecular formula is C23H18FN3O. The van der Waals surface area contributed by atoms with Crippen molar-refractivity contribution in [1.82, 2.24) is 9.61 Å². The molecule has 138 valence electrons. The van der Waals surface area contributed by atoms with E-state index in [9.17, 15) is 14.8 Å². The number of fused-ring (bicyclic) bond motifs is 1. The Labute approximate surface area is 162 Å². The third kappa shape index (κ3) is 2.67. The van der Waals surface area contributed by atoms with Crippen LogP contribution in [0, 0.1) is 17.1 Å². The Morgan fingerprint density at radius 3 is 2.14 bits per heavy atom. The summed E-state index contributed by atoms with van der Waals surface area (Å²) in [6.07, 6.45) is 1.75. The average Bonchev–Trinajstić information content (AvgIpc) is 3.11. The number of aromatic nitrogens is 2. The zero-order valence-electron chi connectivity index (χ0n) is 15.3. The van der Waals surface area contributed by atoms with Gasteiger partial charge in [-0.3, -0.25) is 0 Å². The Bertz CT molecular complexity index is 1140. The topological polar surface area (TPSA) is 61.3 Å². The number of aliphatic hydroxyl groups is 1. The fourth-order valence-electron chi connectivity index (χ4n) is 3.64. The Balaban J connectivity index is 2.08. The highest BCUT2D eigenvalue weighted by Crippen LogP contribution is 2.39. The van der Waals surface area contributed by atoms with E-state index in [1.807, 2.05) is 73.7 Å². The average molecular weight is 371 g/mol. The molecule has 4 rings (SSSR count). The molecule has 0 amide bonds. The lowest BCUT2D eigenvalue weighted by atomic mass is 9.81. The summed E-state index contributed by atoms with van der Waals surface area (Å²) in [6, 6.07) is 21.9. The van der Waals surface area contributed by atoms with Crippen molar-refractivity contribution in [3.63, 3.8) is 0 Å². The summed E-state index contributed by atoms with van der Waals surface area (Å²) in [4.78, 5) is 0. The summed E-state index contributed by atoms with van der Waals surface area (Å²) in [5.41, 5.74) is 1.59. The van der Waals surface area contributed by atoms with E-state index in [0.29, 0.717) is 28.8 Å². The van der Waals surface area contributed by atoms with Crippen LogP contribution in [0.3, 0.4) is 0 Å². The fourth-order valence-corrected chi connectivity index (χ4v) is 3.64. The van der Waals surface area contributed by atoms with E-state index >= 15 is 0 Å². The van der Waals surface area contributed by atoms with Crippen LogP contribution >= 0.6 is 0 Å². The van der Waals surface area contributed by atoms with Crippen molar-refractivity contribution in [2.75, 3.05) is 0 Å². The Kier molecular flexibility index (Phi) is 4.42. The number of hydrogen-bond donors (Lipinski definition) is 1. The zero-order chi connectivity index (χ0) is 19.7. The van der Waals surface area contributed by atoms with Crippen LogP contribution in [0.2, 0.25) is 0 Å². The number of halogens is 1. The predicted molar refractivity (Wildman–Crippen MR) is 104 cm³/mol. The molecule has 0 fully saturated rings. The summed E-state index contributed by atoms with van der Waals surface area (Å²) in [6.45, 7) is 1.95. The molecule has 1 N–H and O–H groups in total. The third-order valence-electron chi connectivity index (χ3n) is 5.02. The molecule has 4 nitrogen and oxygen atoms in total. The van der Waals surface area contributed by atoms with Gasteiger partial charge < -0.3 is 5.11 Å². The molecule has 0 bridgehead atoms. The number of benzene rings is 2. The smallest absolute Gasteiger partial charge is 0.159 e. The number of aryl methyl sites for hydroxylation is 1. The van der Waals surface area contributed by atoms with Gasteiger partial charge in [0.05, 0.1) is 17.3 Å². The van der Waals surface area contributed by atoms with Crippen LogP contribution < -0.4 is 0 Å². The fraction of sp³-hybridized carbons (Fsp3) is 0.130. The van der Waals surface area contributed by atoms with E-state index < -0.39 is 11.4 Å². The molecule has 2 aromatic carbocycles. The second kappa shape index (κ2) is 6.91. The van der Waals surface area contributed by atoms with Crippen LogP contribution in [-0.4, -0.2) is 14.7 Å². The highest BCUT2D eigenvalue weighted by atomic mass is 19.1. The summed E-state index contributed by atoms with van der Waals surface area (Å²) in [5.74, 6) is -0.644. The second-order valence-electron chi connectivity index (χ2n) is 6.60. The summed E-state index contributed by atoms with van der Waals surface area (Å²) < 4.78 is 15.6. The lowest BCUT2D eigenvalue weighted by Crippen LogP contribution is -2.30. The van der Waals surface area contributed by atoms with Gasteiger partial charge in [-0.15, -0.1) is 0 Å². The lowest BCUT2D eigenvalue weighted by Gasteiger charge is -2.28. The summed E-state index contributed by atoms with van der Waals surface area (Å²) >= 11 is 0. The van der Waals surface area contributed by atoms with Gasteiger partial charge in [0.1, 0.15) is 11.8 Å². The van der Waals surface area contributed by atoms with Gasteiger partial charge >= 0.3 is 0 Å². The standard InChI is InChI=1S/C23H18FN3O/c1-2-19-21-13-16(14-25)20(24)15-27(21)26-22(19)23(28,17-9-5-3-6-10-17)18-11-7-4-8-12-18/h3-13,15,28H,2H2,1H3. The van der Waals surface area contributed by atoms with E-state index in [0.717, 1.165) is 5.56 Å². The third-order valence-corrected chi connectivity index (χ3v) is 5.02. The lowest BCUT2D eigenvalue weighted by molar-refractivity contribution is 0.119. The maximum atomic E-state index is 14.2. The van der Waals surface area contributed by atoms with Crippen molar-refractivity contribution in [3.05, 3.63) is 107 Å². The van der Waals surface area contributed by atoms with Crippen LogP contribution in [-0.2, 0) is 12.0 Å². The van der Waals surface area contributed by atoms with Crippen LogP contribution in [0.4, 0.5) is 4.39 Å². The molecular weight excluding hydrogens is 353 g/mol. The molecule has 0 aliphatic heterocycles. The molecule has 5 heteroatoms. The van der Waals surface area contributed by atoms with E-state index in [4.69, 9.17) is 0 Å². The minimum Gasteiger partial charge on any atom is -0.374 e. The van der Waals surface area contributed by atoms with Gasteiger partial charge in [-0.2, -0.15) is 10.4 Å². The van der Waals surface area contributed by atoms with Crippen LogP contribution in [0.15, 0.2) is 72.9 Å². The molecule has 2 aromatic heterocycles. The Hall–Kier alpha value is -3.49. The number of nitriles is 1. The highest BCUT2D eigenvalue weighted by Gasteiger charge is 2.38. The molecule has 2 heterocycles. The molecule has 0 saturated carbocycles. The SMILES string of the molecule is CCc1c(C(O)(c2ccccc2)c2ccccc2)nn2cc(F)c(C#N)cc12. The van der Waals surface area contributed by atoms with E-state index in [1.54, 1.807) is 0 Å². The monoisotopic (exact) mass is 371 g/mol. The van der Waals surface area contributed by atoms with Crippen molar-refractivity contribution in [2.24, 2.45) is 0 Å². The van der Waals surface area contributed by atoms with Crippen molar-refractivity contribution in [1.29, 1.82) is 5.26 Å². The minimum absolute atomic E-state index is 0.0448. The molecule has 0 saturated heterocycles. The van der Waals surface area contributed by atoms with Crippen LogP contribution in [0.5, 0.6) is 0 Å². The highest BCUT2D eigenvalue weighted by molar-refractivity contribution is 5.63. The first-order valence-electron chi connectivity index (χ1n) is 9.04. The van der Waals surface area contributed by atoms with Crippen molar-refractivity contribution >= 4 is 5.52 Å². The van der Waals surface area contributed by atoms with Crippen molar-refractivity contribution in [3.8, 4) is 6.07 Å². The molecule has 0 radical (unpaired) electrons. The van der Waals surface area contributed by atoms with Gasteiger partial charge in [-0.1, -0.05) is 67.6 Å².